The van der Waals surface area contributed by atoms with Gasteiger partial charge in [0, 0.05) is 13.0 Å². The molecule has 1 amide bonds. The zero-order chi connectivity index (χ0) is 22.9. The number of ether oxygens (including phenoxy) is 2. The molecule has 168 valence electrons. The summed E-state index contributed by atoms with van der Waals surface area (Å²) in [5.41, 5.74) is 0.579. The Morgan fingerprint density at radius 3 is 2.78 bits per heavy atom. The SMILES string of the molecule is CCOc1ccccc1NS(=O)(=O)c1cc2c(cc1Cl)N(Cc1noc(C)n1)C(=O)CO2. The highest BCUT2D eigenvalue weighted by molar-refractivity contribution is 7.92. The van der Waals surface area contributed by atoms with Crippen molar-refractivity contribution in [3.8, 4) is 11.5 Å². The number of fused-ring (bicyclic) bond motifs is 1. The summed E-state index contributed by atoms with van der Waals surface area (Å²) < 4.78 is 44.6. The van der Waals surface area contributed by atoms with Gasteiger partial charge in [0.1, 0.15) is 16.4 Å². The van der Waals surface area contributed by atoms with E-state index >= 15 is 0 Å². The second kappa shape index (κ2) is 8.67. The molecule has 0 atom stereocenters. The predicted octanol–water partition coefficient (Wildman–Crippen LogP) is 3.16. The summed E-state index contributed by atoms with van der Waals surface area (Å²) in [5, 5.41) is 3.71. The van der Waals surface area contributed by atoms with Gasteiger partial charge in [-0.05, 0) is 25.1 Å². The lowest BCUT2D eigenvalue weighted by Crippen LogP contribution is -2.38. The van der Waals surface area contributed by atoms with Crippen molar-refractivity contribution in [3.63, 3.8) is 0 Å². The third-order valence-corrected chi connectivity index (χ3v) is 6.38. The Labute approximate surface area is 189 Å². The molecule has 2 aromatic carbocycles. The zero-order valence-corrected chi connectivity index (χ0v) is 18.7. The fraction of sp³-hybridized carbons (Fsp3) is 0.250. The van der Waals surface area contributed by atoms with Crippen LogP contribution in [-0.2, 0) is 21.4 Å². The molecule has 0 unspecified atom stereocenters. The second-order valence-electron chi connectivity index (χ2n) is 6.78. The molecule has 0 bridgehead atoms. The van der Waals surface area contributed by atoms with Crippen molar-refractivity contribution in [2.45, 2.75) is 25.3 Å². The van der Waals surface area contributed by atoms with Crippen molar-refractivity contribution in [2.75, 3.05) is 22.8 Å². The van der Waals surface area contributed by atoms with E-state index in [1.165, 1.54) is 17.0 Å². The number of benzene rings is 2. The number of carbonyl (C=O) groups is 1. The zero-order valence-electron chi connectivity index (χ0n) is 17.2. The molecule has 32 heavy (non-hydrogen) atoms. The third kappa shape index (κ3) is 4.34. The van der Waals surface area contributed by atoms with E-state index in [9.17, 15) is 13.2 Å². The van der Waals surface area contributed by atoms with Gasteiger partial charge in [-0.2, -0.15) is 4.98 Å². The van der Waals surface area contributed by atoms with Crippen LogP contribution in [0.2, 0.25) is 5.02 Å². The topological polar surface area (TPSA) is 124 Å². The van der Waals surface area contributed by atoms with Crippen LogP contribution >= 0.6 is 11.6 Å². The molecular formula is C20H19ClN4O6S. The van der Waals surface area contributed by atoms with Crippen LogP contribution in [0.25, 0.3) is 0 Å². The summed E-state index contributed by atoms with van der Waals surface area (Å²) in [6.07, 6.45) is 0. The highest BCUT2D eigenvalue weighted by Gasteiger charge is 2.31. The van der Waals surface area contributed by atoms with Gasteiger partial charge in [-0.15, -0.1) is 0 Å². The van der Waals surface area contributed by atoms with Gasteiger partial charge in [0.15, 0.2) is 12.4 Å². The molecule has 1 aliphatic rings. The smallest absolute Gasteiger partial charge is 0.265 e. The Hall–Kier alpha value is -3.31. The van der Waals surface area contributed by atoms with Gasteiger partial charge in [-0.3, -0.25) is 14.4 Å². The van der Waals surface area contributed by atoms with Gasteiger partial charge in [0.25, 0.3) is 15.9 Å². The summed E-state index contributed by atoms with van der Waals surface area (Å²) in [4.78, 5) is 17.7. The van der Waals surface area contributed by atoms with Crippen LogP contribution in [0.3, 0.4) is 0 Å². The Kier molecular flexibility index (Phi) is 5.94. The average Bonchev–Trinajstić information content (AvgIpc) is 3.16. The monoisotopic (exact) mass is 478 g/mol. The van der Waals surface area contributed by atoms with Crippen LogP contribution < -0.4 is 19.1 Å². The van der Waals surface area contributed by atoms with Gasteiger partial charge >= 0.3 is 0 Å². The number of aryl methyl sites for hydroxylation is 1. The molecule has 4 rings (SSSR count). The first-order chi connectivity index (χ1) is 15.3. The largest absolute Gasteiger partial charge is 0.492 e. The lowest BCUT2D eigenvalue weighted by atomic mass is 10.2. The van der Waals surface area contributed by atoms with Crippen LogP contribution in [0.4, 0.5) is 11.4 Å². The lowest BCUT2D eigenvalue weighted by molar-refractivity contribution is -0.121. The quantitative estimate of drug-likeness (QED) is 0.549. The Bertz CT molecular complexity index is 1280. The summed E-state index contributed by atoms with van der Waals surface area (Å²) in [6.45, 7) is 3.55. The molecule has 0 saturated carbocycles. The second-order valence-corrected chi connectivity index (χ2v) is 8.84. The van der Waals surface area contributed by atoms with Crippen molar-refractivity contribution < 1.29 is 27.2 Å². The molecule has 0 spiro atoms. The molecule has 1 aliphatic heterocycles. The van der Waals surface area contributed by atoms with E-state index < -0.39 is 10.0 Å². The number of aromatic nitrogens is 2. The number of halogens is 1. The minimum Gasteiger partial charge on any atom is -0.492 e. The van der Waals surface area contributed by atoms with Crippen LogP contribution in [0, 0.1) is 6.92 Å². The van der Waals surface area contributed by atoms with Crippen molar-refractivity contribution in [3.05, 3.63) is 53.1 Å². The molecule has 0 aliphatic carbocycles. The minimum absolute atomic E-state index is 0.0228. The minimum atomic E-state index is -4.09. The number of amides is 1. The third-order valence-electron chi connectivity index (χ3n) is 4.55. The first kappa shape index (κ1) is 21.9. The number of hydrogen-bond acceptors (Lipinski definition) is 8. The number of hydrogen-bond donors (Lipinski definition) is 1. The van der Waals surface area contributed by atoms with Crippen LogP contribution in [0.5, 0.6) is 11.5 Å². The molecule has 10 nitrogen and oxygen atoms in total. The molecule has 1 aromatic heterocycles. The van der Waals surface area contributed by atoms with E-state index in [1.54, 1.807) is 38.1 Å². The summed E-state index contributed by atoms with van der Waals surface area (Å²) >= 11 is 6.34. The van der Waals surface area contributed by atoms with E-state index in [4.69, 9.17) is 25.6 Å². The Balaban J connectivity index is 1.68. The number of nitrogens with one attached hydrogen (secondary N) is 1. The van der Waals surface area contributed by atoms with Gasteiger partial charge in [0.05, 0.1) is 29.5 Å². The molecule has 12 heteroatoms. The normalized spacial score (nSPS) is 13.5. The predicted molar refractivity (Wildman–Crippen MR) is 116 cm³/mol. The fourth-order valence-corrected chi connectivity index (χ4v) is 4.77. The van der Waals surface area contributed by atoms with Crippen molar-refractivity contribution in [1.82, 2.24) is 10.1 Å². The summed E-state index contributed by atoms with van der Waals surface area (Å²) in [5.74, 6) is 0.878. The Morgan fingerprint density at radius 1 is 1.28 bits per heavy atom. The summed E-state index contributed by atoms with van der Waals surface area (Å²) in [7, 11) is -4.09. The molecule has 3 aromatic rings. The standard InChI is InChI=1S/C20H19ClN4O6S/c1-3-29-16-7-5-4-6-14(16)24-32(27,28)18-9-17-15(8-13(18)21)25(20(26)11-30-17)10-19-22-12(2)31-23-19/h4-9,24H,3,10-11H2,1-2H3. The van der Waals surface area contributed by atoms with Gasteiger partial charge in [-0.25, -0.2) is 8.42 Å². The number of rotatable bonds is 7. The van der Waals surface area contributed by atoms with Gasteiger partial charge in [-0.1, -0.05) is 28.9 Å². The van der Waals surface area contributed by atoms with Crippen molar-refractivity contribution in [2.24, 2.45) is 0 Å². The van der Waals surface area contributed by atoms with Crippen molar-refractivity contribution in [1.29, 1.82) is 0 Å². The molecule has 0 saturated heterocycles. The maximum absolute atomic E-state index is 13.1. The Morgan fingerprint density at radius 2 is 2.06 bits per heavy atom. The lowest BCUT2D eigenvalue weighted by Gasteiger charge is -2.29. The van der Waals surface area contributed by atoms with E-state index in [-0.39, 0.29) is 40.4 Å². The number of nitrogens with zero attached hydrogens (tertiary/aromatic N) is 3. The van der Waals surface area contributed by atoms with E-state index in [0.717, 1.165) is 0 Å². The number of carbonyl (C=O) groups excluding carboxylic acids is 1. The fourth-order valence-electron chi connectivity index (χ4n) is 3.16. The highest BCUT2D eigenvalue weighted by Crippen LogP contribution is 2.40. The van der Waals surface area contributed by atoms with Gasteiger partial charge in [0.2, 0.25) is 5.89 Å². The molecule has 2 heterocycles. The average molecular weight is 479 g/mol. The summed E-state index contributed by atoms with van der Waals surface area (Å²) in [6, 6.07) is 9.30. The number of anilines is 2. The maximum Gasteiger partial charge on any atom is 0.265 e. The van der Waals surface area contributed by atoms with E-state index in [1.807, 2.05) is 0 Å². The molecule has 0 radical (unpaired) electrons. The number of para-hydroxylation sites is 2. The highest BCUT2D eigenvalue weighted by atomic mass is 35.5. The first-order valence-corrected chi connectivity index (χ1v) is 11.4. The van der Waals surface area contributed by atoms with Crippen LogP contribution in [0.1, 0.15) is 18.6 Å². The van der Waals surface area contributed by atoms with Crippen molar-refractivity contribution >= 4 is 38.9 Å². The van der Waals surface area contributed by atoms with E-state index in [2.05, 4.69) is 14.9 Å². The molecular weight excluding hydrogens is 460 g/mol. The number of sulfonamides is 1. The van der Waals surface area contributed by atoms with Gasteiger partial charge < -0.3 is 14.0 Å². The molecule has 1 N–H and O–H groups in total. The van der Waals surface area contributed by atoms with E-state index in [0.29, 0.717) is 29.8 Å². The molecule has 0 fully saturated rings. The van der Waals surface area contributed by atoms with Crippen LogP contribution in [-0.4, -0.2) is 37.7 Å². The maximum atomic E-state index is 13.1. The van der Waals surface area contributed by atoms with Crippen LogP contribution in [0.15, 0.2) is 45.8 Å². The first-order valence-electron chi connectivity index (χ1n) is 9.59.